The summed E-state index contributed by atoms with van der Waals surface area (Å²) in [7, 11) is 1.65. The number of benzene rings is 3. The number of hydrogen-bond donors (Lipinski definition) is 2. The first-order valence-electron chi connectivity index (χ1n) is 8.57. The number of nitrogen functional groups attached to an aromatic ring is 1. The SMILES string of the molecule is COc1ccc(C(N[C@@H](C)c2cccc(F)c2)c2cccc(N)c2)cc1. The number of methoxy groups -OCH3 is 1. The van der Waals surface area contributed by atoms with E-state index >= 15 is 0 Å². The normalized spacial score (nSPS) is 13.2. The van der Waals surface area contributed by atoms with Gasteiger partial charge in [0.1, 0.15) is 11.6 Å². The number of rotatable bonds is 6. The molecule has 0 fully saturated rings. The predicted molar refractivity (Wildman–Crippen MR) is 104 cm³/mol. The zero-order chi connectivity index (χ0) is 18.5. The van der Waals surface area contributed by atoms with Gasteiger partial charge >= 0.3 is 0 Å². The smallest absolute Gasteiger partial charge is 0.123 e. The highest BCUT2D eigenvalue weighted by Crippen LogP contribution is 2.28. The van der Waals surface area contributed by atoms with E-state index in [4.69, 9.17) is 10.5 Å². The molecule has 0 aliphatic carbocycles. The molecule has 2 atom stereocenters. The lowest BCUT2D eigenvalue weighted by molar-refractivity contribution is 0.414. The van der Waals surface area contributed by atoms with E-state index in [0.717, 1.165) is 22.4 Å². The molecule has 0 radical (unpaired) electrons. The van der Waals surface area contributed by atoms with Crippen LogP contribution in [0.5, 0.6) is 5.75 Å². The molecule has 3 nitrogen and oxygen atoms in total. The highest BCUT2D eigenvalue weighted by molar-refractivity contribution is 5.45. The average Bonchev–Trinajstić information content (AvgIpc) is 2.66. The molecule has 0 saturated heterocycles. The molecule has 3 aromatic rings. The number of nitrogens with two attached hydrogens (primary N) is 1. The summed E-state index contributed by atoms with van der Waals surface area (Å²) < 4.78 is 18.8. The summed E-state index contributed by atoms with van der Waals surface area (Å²) in [5.74, 6) is 0.569. The fourth-order valence-corrected chi connectivity index (χ4v) is 3.04. The topological polar surface area (TPSA) is 47.3 Å². The van der Waals surface area contributed by atoms with Gasteiger partial charge in [0.05, 0.1) is 13.2 Å². The van der Waals surface area contributed by atoms with Gasteiger partial charge in [0.15, 0.2) is 0 Å². The van der Waals surface area contributed by atoms with Crippen LogP contribution < -0.4 is 15.8 Å². The van der Waals surface area contributed by atoms with Gasteiger partial charge in [0.25, 0.3) is 0 Å². The molecular formula is C22H23FN2O. The Morgan fingerprint density at radius 3 is 2.23 bits per heavy atom. The molecular weight excluding hydrogens is 327 g/mol. The van der Waals surface area contributed by atoms with Gasteiger partial charge in [-0.25, -0.2) is 4.39 Å². The molecule has 3 aromatic carbocycles. The Morgan fingerprint density at radius 2 is 1.58 bits per heavy atom. The van der Waals surface area contributed by atoms with Gasteiger partial charge in [-0.3, -0.25) is 5.32 Å². The third-order valence-electron chi connectivity index (χ3n) is 4.46. The summed E-state index contributed by atoms with van der Waals surface area (Å²) >= 11 is 0. The third-order valence-corrected chi connectivity index (χ3v) is 4.46. The second-order valence-corrected chi connectivity index (χ2v) is 6.32. The van der Waals surface area contributed by atoms with Gasteiger partial charge in [-0.2, -0.15) is 0 Å². The van der Waals surface area contributed by atoms with Crippen molar-refractivity contribution in [2.75, 3.05) is 12.8 Å². The second-order valence-electron chi connectivity index (χ2n) is 6.32. The summed E-state index contributed by atoms with van der Waals surface area (Å²) in [5, 5.41) is 3.59. The Morgan fingerprint density at radius 1 is 0.885 bits per heavy atom. The molecule has 0 aromatic heterocycles. The zero-order valence-corrected chi connectivity index (χ0v) is 14.9. The van der Waals surface area contributed by atoms with E-state index in [9.17, 15) is 4.39 Å². The first-order valence-corrected chi connectivity index (χ1v) is 8.57. The van der Waals surface area contributed by atoms with Crippen LogP contribution in [-0.4, -0.2) is 7.11 Å². The van der Waals surface area contributed by atoms with E-state index in [-0.39, 0.29) is 17.9 Å². The van der Waals surface area contributed by atoms with Crippen LogP contribution >= 0.6 is 0 Å². The molecule has 0 amide bonds. The molecule has 134 valence electrons. The molecule has 3 rings (SSSR count). The highest BCUT2D eigenvalue weighted by Gasteiger charge is 2.18. The van der Waals surface area contributed by atoms with E-state index in [1.54, 1.807) is 19.2 Å². The third kappa shape index (κ3) is 4.21. The maximum absolute atomic E-state index is 13.6. The number of hydrogen-bond acceptors (Lipinski definition) is 3. The predicted octanol–water partition coefficient (Wildman–Crippen LogP) is 4.86. The summed E-state index contributed by atoms with van der Waals surface area (Å²) in [5.41, 5.74) is 9.73. The summed E-state index contributed by atoms with van der Waals surface area (Å²) in [6, 6.07) is 22.3. The fraction of sp³-hybridized carbons (Fsp3) is 0.182. The van der Waals surface area contributed by atoms with Gasteiger partial charge in [-0.05, 0) is 60.0 Å². The van der Waals surface area contributed by atoms with Crippen molar-refractivity contribution in [1.29, 1.82) is 0 Å². The Balaban J connectivity index is 1.94. The van der Waals surface area contributed by atoms with Crippen LogP contribution in [0.1, 0.15) is 35.7 Å². The second kappa shape index (κ2) is 8.02. The molecule has 0 spiro atoms. The van der Waals surface area contributed by atoms with Gasteiger partial charge in [-0.1, -0.05) is 36.4 Å². The number of anilines is 1. The van der Waals surface area contributed by atoms with Crippen molar-refractivity contribution in [3.63, 3.8) is 0 Å². The molecule has 4 heteroatoms. The van der Waals surface area contributed by atoms with E-state index in [0.29, 0.717) is 5.69 Å². The van der Waals surface area contributed by atoms with Crippen molar-refractivity contribution in [2.45, 2.75) is 19.0 Å². The van der Waals surface area contributed by atoms with Crippen LogP contribution in [0, 0.1) is 5.82 Å². The maximum atomic E-state index is 13.6. The Kier molecular flexibility index (Phi) is 5.54. The van der Waals surface area contributed by atoms with Crippen molar-refractivity contribution in [3.8, 4) is 5.75 Å². The largest absolute Gasteiger partial charge is 0.497 e. The van der Waals surface area contributed by atoms with Crippen LogP contribution in [0.2, 0.25) is 0 Å². The van der Waals surface area contributed by atoms with Gasteiger partial charge < -0.3 is 10.5 Å². The van der Waals surface area contributed by atoms with E-state index < -0.39 is 0 Å². The Bertz CT molecular complexity index is 864. The van der Waals surface area contributed by atoms with Crippen LogP contribution in [-0.2, 0) is 0 Å². The van der Waals surface area contributed by atoms with Gasteiger partial charge in [0.2, 0.25) is 0 Å². The van der Waals surface area contributed by atoms with Crippen LogP contribution in [0.3, 0.4) is 0 Å². The minimum atomic E-state index is -0.235. The summed E-state index contributed by atoms with van der Waals surface area (Å²) in [6.07, 6.45) is 0. The average molecular weight is 350 g/mol. The van der Waals surface area contributed by atoms with Gasteiger partial charge in [-0.15, -0.1) is 0 Å². The number of halogens is 1. The summed E-state index contributed by atoms with van der Waals surface area (Å²) in [6.45, 7) is 2.03. The lowest BCUT2D eigenvalue weighted by atomic mass is 9.96. The van der Waals surface area contributed by atoms with Crippen molar-refractivity contribution in [3.05, 3.63) is 95.3 Å². The molecule has 1 unspecified atom stereocenters. The minimum absolute atomic E-state index is 0.0424. The van der Waals surface area contributed by atoms with Crippen LogP contribution in [0.25, 0.3) is 0 Å². The van der Waals surface area contributed by atoms with Gasteiger partial charge in [0, 0.05) is 11.7 Å². The molecule has 0 aliphatic rings. The van der Waals surface area contributed by atoms with Crippen molar-refractivity contribution in [2.24, 2.45) is 0 Å². The van der Waals surface area contributed by atoms with Crippen molar-refractivity contribution in [1.82, 2.24) is 5.32 Å². The number of nitrogens with one attached hydrogen (secondary N) is 1. The molecule has 0 bridgehead atoms. The van der Waals surface area contributed by atoms with E-state index in [1.807, 2.05) is 61.5 Å². The zero-order valence-electron chi connectivity index (χ0n) is 14.9. The van der Waals surface area contributed by atoms with E-state index in [1.165, 1.54) is 6.07 Å². The number of ether oxygens (including phenoxy) is 1. The highest BCUT2D eigenvalue weighted by atomic mass is 19.1. The molecule has 26 heavy (non-hydrogen) atoms. The Labute approximate surface area is 153 Å². The minimum Gasteiger partial charge on any atom is -0.497 e. The molecule has 3 N–H and O–H groups in total. The lowest BCUT2D eigenvalue weighted by Crippen LogP contribution is -2.25. The van der Waals surface area contributed by atoms with Crippen LogP contribution in [0.15, 0.2) is 72.8 Å². The molecule has 0 aliphatic heterocycles. The first kappa shape index (κ1) is 18.0. The van der Waals surface area contributed by atoms with Crippen molar-refractivity contribution >= 4 is 5.69 Å². The first-order chi connectivity index (χ1) is 12.6. The van der Waals surface area contributed by atoms with Crippen molar-refractivity contribution < 1.29 is 9.13 Å². The quantitative estimate of drug-likeness (QED) is 0.624. The lowest BCUT2D eigenvalue weighted by Gasteiger charge is -2.25. The van der Waals surface area contributed by atoms with Crippen LogP contribution in [0.4, 0.5) is 10.1 Å². The fourth-order valence-electron chi connectivity index (χ4n) is 3.04. The Hall–Kier alpha value is -2.85. The van der Waals surface area contributed by atoms with E-state index in [2.05, 4.69) is 5.32 Å². The monoisotopic (exact) mass is 350 g/mol. The standard InChI is InChI=1S/C22H23FN2O/c1-15(17-5-3-7-19(23)13-17)25-22(18-6-4-8-20(24)14-18)16-9-11-21(26-2)12-10-16/h3-15,22,25H,24H2,1-2H3/t15-,22?/m0/s1. The maximum Gasteiger partial charge on any atom is 0.123 e. The molecule has 0 saturated carbocycles. The molecule has 0 heterocycles. The summed E-state index contributed by atoms with van der Waals surface area (Å²) in [4.78, 5) is 0.